The molecular formula is C18H17ClN4S. The van der Waals surface area contributed by atoms with Gasteiger partial charge in [0.2, 0.25) is 0 Å². The highest BCUT2D eigenvalue weighted by atomic mass is 35.5. The van der Waals surface area contributed by atoms with Gasteiger partial charge < -0.3 is 10.6 Å². The van der Waals surface area contributed by atoms with Gasteiger partial charge in [0.15, 0.2) is 5.11 Å². The van der Waals surface area contributed by atoms with Crippen LogP contribution in [0.15, 0.2) is 60.9 Å². The number of aromatic nitrogens is 2. The second-order valence-electron chi connectivity index (χ2n) is 5.45. The van der Waals surface area contributed by atoms with Gasteiger partial charge in [-0.3, -0.25) is 4.68 Å². The Balaban J connectivity index is 1.64. The van der Waals surface area contributed by atoms with Gasteiger partial charge in [0, 0.05) is 28.8 Å². The van der Waals surface area contributed by atoms with E-state index in [1.54, 1.807) is 6.20 Å². The van der Waals surface area contributed by atoms with Crippen molar-refractivity contribution >= 4 is 40.3 Å². The molecule has 3 aromatic rings. The van der Waals surface area contributed by atoms with Crippen LogP contribution in [-0.4, -0.2) is 14.9 Å². The summed E-state index contributed by atoms with van der Waals surface area (Å²) < 4.78 is 1.88. The van der Waals surface area contributed by atoms with Crippen LogP contribution in [0.2, 0.25) is 5.02 Å². The zero-order valence-corrected chi connectivity index (χ0v) is 14.7. The van der Waals surface area contributed by atoms with Crippen molar-refractivity contribution in [2.45, 2.75) is 13.5 Å². The molecule has 4 nitrogen and oxygen atoms in total. The zero-order chi connectivity index (χ0) is 16.9. The summed E-state index contributed by atoms with van der Waals surface area (Å²) in [5, 5.41) is 11.8. The molecule has 1 heterocycles. The lowest BCUT2D eigenvalue weighted by Gasteiger charge is -2.12. The Morgan fingerprint density at radius 1 is 1.12 bits per heavy atom. The third kappa shape index (κ3) is 4.34. The zero-order valence-electron chi connectivity index (χ0n) is 13.2. The van der Waals surface area contributed by atoms with Gasteiger partial charge in [0.05, 0.1) is 6.54 Å². The van der Waals surface area contributed by atoms with Crippen molar-refractivity contribution in [3.8, 4) is 0 Å². The lowest BCUT2D eigenvalue weighted by Crippen LogP contribution is -2.19. The third-order valence-corrected chi connectivity index (χ3v) is 4.13. The van der Waals surface area contributed by atoms with E-state index in [4.69, 9.17) is 23.8 Å². The lowest BCUT2D eigenvalue weighted by molar-refractivity contribution is 0.687. The van der Waals surface area contributed by atoms with Gasteiger partial charge in [-0.25, -0.2) is 0 Å². The molecule has 0 saturated carbocycles. The summed E-state index contributed by atoms with van der Waals surface area (Å²) in [5.74, 6) is 0. The standard InChI is InChI=1S/C18H17ClN4S/c1-13-6-7-16(11-17(13)19)22-18(24)21-15-5-2-4-14(10-15)12-23-9-3-8-20-23/h2-11H,12H2,1H3,(H2,21,22,24). The summed E-state index contributed by atoms with van der Waals surface area (Å²) in [6.07, 6.45) is 3.71. The van der Waals surface area contributed by atoms with Crippen LogP contribution in [0, 0.1) is 6.92 Å². The van der Waals surface area contributed by atoms with Gasteiger partial charge in [-0.05, 0) is 60.6 Å². The molecule has 0 saturated heterocycles. The number of aryl methyl sites for hydroxylation is 1. The van der Waals surface area contributed by atoms with Crippen molar-refractivity contribution in [1.29, 1.82) is 0 Å². The smallest absolute Gasteiger partial charge is 0.175 e. The summed E-state index contributed by atoms with van der Waals surface area (Å²) in [6, 6.07) is 15.8. The molecule has 0 spiro atoms. The van der Waals surface area contributed by atoms with Crippen LogP contribution in [0.1, 0.15) is 11.1 Å². The summed E-state index contributed by atoms with van der Waals surface area (Å²) >= 11 is 11.5. The number of hydrogen-bond acceptors (Lipinski definition) is 2. The summed E-state index contributed by atoms with van der Waals surface area (Å²) in [7, 11) is 0. The molecule has 0 radical (unpaired) electrons. The van der Waals surface area contributed by atoms with Crippen LogP contribution >= 0.6 is 23.8 Å². The molecule has 0 amide bonds. The monoisotopic (exact) mass is 356 g/mol. The Labute approximate surface area is 151 Å². The molecular weight excluding hydrogens is 340 g/mol. The predicted octanol–water partition coefficient (Wildman–Crippen LogP) is 4.70. The van der Waals surface area contributed by atoms with E-state index < -0.39 is 0 Å². The summed E-state index contributed by atoms with van der Waals surface area (Å²) in [5.41, 5.74) is 3.96. The molecule has 24 heavy (non-hydrogen) atoms. The molecule has 0 aliphatic carbocycles. The molecule has 6 heteroatoms. The molecule has 1 aromatic heterocycles. The number of thiocarbonyl (C=S) groups is 1. The Kier molecular flexibility index (Phi) is 5.13. The SMILES string of the molecule is Cc1ccc(NC(=S)Nc2cccc(Cn3cccn3)c2)cc1Cl. The fraction of sp³-hybridized carbons (Fsp3) is 0.111. The molecule has 0 unspecified atom stereocenters. The van der Waals surface area contributed by atoms with Crippen molar-refractivity contribution < 1.29 is 0 Å². The second-order valence-corrected chi connectivity index (χ2v) is 6.26. The number of anilines is 2. The van der Waals surface area contributed by atoms with Crippen LogP contribution < -0.4 is 10.6 Å². The Morgan fingerprint density at radius 2 is 1.92 bits per heavy atom. The first-order valence-electron chi connectivity index (χ1n) is 7.51. The molecule has 0 bridgehead atoms. The van der Waals surface area contributed by atoms with E-state index >= 15 is 0 Å². The third-order valence-electron chi connectivity index (χ3n) is 3.52. The minimum absolute atomic E-state index is 0.520. The maximum Gasteiger partial charge on any atom is 0.175 e. The van der Waals surface area contributed by atoms with E-state index in [0.717, 1.165) is 29.0 Å². The first-order chi connectivity index (χ1) is 11.6. The van der Waals surface area contributed by atoms with E-state index in [0.29, 0.717) is 10.1 Å². The van der Waals surface area contributed by atoms with Gasteiger partial charge in [0.1, 0.15) is 0 Å². The van der Waals surface area contributed by atoms with E-state index in [1.807, 2.05) is 54.2 Å². The van der Waals surface area contributed by atoms with E-state index in [-0.39, 0.29) is 0 Å². The number of rotatable bonds is 4. The van der Waals surface area contributed by atoms with Crippen molar-refractivity contribution in [2.24, 2.45) is 0 Å². The molecule has 2 N–H and O–H groups in total. The minimum atomic E-state index is 0.520. The fourth-order valence-electron chi connectivity index (χ4n) is 2.29. The molecule has 0 fully saturated rings. The minimum Gasteiger partial charge on any atom is -0.332 e. The van der Waals surface area contributed by atoms with Crippen molar-refractivity contribution in [2.75, 3.05) is 10.6 Å². The topological polar surface area (TPSA) is 41.9 Å². The van der Waals surface area contributed by atoms with E-state index in [9.17, 15) is 0 Å². The largest absolute Gasteiger partial charge is 0.332 e. The Morgan fingerprint density at radius 3 is 2.62 bits per heavy atom. The first kappa shape index (κ1) is 16.5. The maximum atomic E-state index is 6.13. The lowest BCUT2D eigenvalue weighted by atomic mass is 10.2. The predicted molar refractivity (Wildman–Crippen MR) is 104 cm³/mol. The molecule has 0 aliphatic heterocycles. The van der Waals surface area contributed by atoms with Crippen molar-refractivity contribution in [1.82, 2.24) is 9.78 Å². The van der Waals surface area contributed by atoms with Gasteiger partial charge in [0.25, 0.3) is 0 Å². The normalized spacial score (nSPS) is 10.4. The van der Waals surface area contributed by atoms with Crippen molar-refractivity contribution in [3.63, 3.8) is 0 Å². The Bertz CT molecular complexity index is 846. The van der Waals surface area contributed by atoms with Gasteiger partial charge in [-0.2, -0.15) is 5.10 Å². The molecule has 3 rings (SSSR count). The number of halogens is 1. The van der Waals surface area contributed by atoms with Gasteiger partial charge in [-0.1, -0.05) is 29.8 Å². The molecule has 122 valence electrons. The summed E-state index contributed by atoms with van der Waals surface area (Å²) in [4.78, 5) is 0. The van der Waals surface area contributed by atoms with Crippen LogP contribution in [-0.2, 0) is 6.54 Å². The maximum absolute atomic E-state index is 6.13. The number of hydrogen-bond donors (Lipinski definition) is 2. The van der Waals surface area contributed by atoms with Crippen molar-refractivity contribution in [3.05, 3.63) is 77.1 Å². The number of benzene rings is 2. The highest BCUT2D eigenvalue weighted by Gasteiger charge is 2.03. The van der Waals surface area contributed by atoms with Crippen LogP contribution in [0.25, 0.3) is 0 Å². The van der Waals surface area contributed by atoms with Crippen LogP contribution in [0.3, 0.4) is 0 Å². The summed E-state index contributed by atoms with van der Waals surface area (Å²) in [6.45, 7) is 2.68. The van der Waals surface area contributed by atoms with Crippen LogP contribution in [0.5, 0.6) is 0 Å². The average molecular weight is 357 g/mol. The van der Waals surface area contributed by atoms with Gasteiger partial charge in [-0.15, -0.1) is 0 Å². The first-order valence-corrected chi connectivity index (χ1v) is 8.29. The molecule has 2 aromatic carbocycles. The fourth-order valence-corrected chi connectivity index (χ4v) is 2.71. The van der Waals surface area contributed by atoms with E-state index in [1.165, 1.54) is 0 Å². The molecule has 0 atom stereocenters. The second kappa shape index (κ2) is 7.47. The Hall–Kier alpha value is -2.37. The number of nitrogens with one attached hydrogen (secondary N) is 2. The van der Waals surface area contributed by atoms with Gasteiger partial charge >= 0.3 is 0 Å². The average Bonchev–Trinajstić information content (AvgIpc) is 3.04. The van der Waals surface area contributed by atoms with Crippen LogP contribution in [0.4, 0.5) is 11.4 Å². The highest BCUT2D eigenvalue weighted by molar-refractivity contribution is 7.80. The quantitative estimate of drug-likeness (QED) is 0.665. The molecule has 0 aliphatic rings. The number of nitrogens with zero attached hydrogens (tertiary/aromatic N) is 2. The van der Waals surface area contributed by atoms with E-state index in [2.05, 4.69) is 27.9 Å². The highest BCUT2D eigenvalue weighted by Crippen LogP contribution is 2.20.